The first-order chi connectivity index (χ1) is 7.04. The Bertz CT molecular complexity index is 224. The van der Waals surface area contributed by atoms with E-state index >= 15 is 0 Å². The Morgan fingerprint density at radius 1 is 1.53 bits per heavy atom. The molecule has 0 aromatic rings. The van der Waals surface area contributed by atoms with Crippen LogP contribution in [-0.4, -0.2) is 47.8 Å². The molecule has 0 saturated carbocycles. The Labute approximate surface area is 91.2 Å². The number of nitrogens with zero attached hydrogens (tertiary/aromatic N) is 1. The molecule has 4 nitrogen and oxygen atoms in total. The number of likely N-dealkylation sites (tertiary alicyclic amines) is 1. The molecule has 1 aliphatic heterocycles. The van der Waals surface area contributed by atoms with Gasteiger partial charge in [-0.1, -0.05) is 6.92 Å². The third kappa shape index (κ3) is 2.49. The molecule has 1 N–H and O–H groups in total. The van der Waals surface area contributed by atoms with Crippen molar-refractivity contribution in [1.82, 2.24) is 4.90 Å². The summed E-state index contributed by atoms with van der Waals surface area (Å²) in [6.07, 6.45) is 2.80. The summed E-state index contributed by atoms with van der Waals surface area (Å²) in [7, 11) is 1.72. The van der Waals surface area contributed by atoms with Crippen molar-refractivity contribution in [3.8, 4) is 0 Å². The van der Waals surface area contributed by atoms with Crippen LogP contribution in [-0.2, 0) is 9.53 Å². The van der Waals surface area contributed by atoms with Crippen molar-refractivity contribution in [3.63, 3.8) is 0 Å². The topological polar surface area (TPSA) is 49.8 Å². The molecule has 1 atom stereocenters. The van der Waals surface area contributed by atoms with Crippen LogP contribution in [0.4, 0.5) is 0 Å². The Hall–Kier alpha value is -0.610. The third-order valence-electron chi connectivity index (χ3n) is 3.62. The van der Waals surface area contributed by atoms with E-state index in [4.69, 9.17) is 4.74 Å². The second-order valence-electron chi connectivity index (χ2n) is 4.35. The third-order valence-corrected chi connectivity index (χ3v) is 3.62. The number of hydrogen-bond donors (Lipinski definition) is 1. The number of rotatable bonds is 4. The van der Waals surface area contributed by atoms with Crippen LogP contribution in [0.3, 0.4) is 0 Å². The highest BCUT2D eigenvalue weighted by Crippen LogP contribution is 2.25. The Morgan fingerprint density at radius 3 is 2.40 bits per heavy atom. The molecule has 0 radical (unpaired) electrons. The largest absolute Gasteiger partial charge is 0.480 e. The standard InChI is InChI=1S/C11H21NO3/c1-4-11(2,10(13)14)12-7-5-9(15-3)6-8-12/h9H,4-8H2,1-3H3,(H,13,14). The van der Waals surface area contributed by atoms with Gasteiger partial charge in [0.15, 0.2) is 0 Å². The SMILES string of the molecule is CCC(C)(C(=O)O)N1CCC(OC)CC1. The number of carboxylic acid groups (broad SMARTS) is 1. The van der Waals surface area contributed by atoms with E-state index in [0.717, 1.165) is 25.9 Å². The summed E-state index contributed by atoms with van der Waals surface area (Å²) in [5.74, 6) is -0.721. The summed E-state index contributed by atoms with van der Waals surface area (Å²) in [6.45, 7) is 5.36. The van der Waals surface area contributed by atoms with Gasteiger partial charge in [-0.3, -0.25) is 9.69 Å². The first-order valence-corrected chi connectivity index (χ1v) is 5.55. The van der Waals surface area contributed by atoms with Crippen molar-refractivity contribution in [2.45, 2.75) is 44.8 Å². The first-order valence-electron chi connectivity index (χ1n) is 5.55. The van der Waals surface area contributed by atoms with Crippen LogP contribution in [0.1, 0.15) is 33.1 Å². The number of carboxylic acids is 1. The maximum absolute atomic E-state index is 11.2. The minimum atomic E-state index is -0.721. The highest BCUT2D eigenvalue weighted by atomic mass is 16.5. The molecule has 0 aromatic carbocycles. The molecule has 1 aliphatic rings. The second kappa shape index (κ2) is 4.94. The van der Waals surface area contributed by atoms with E-state index in [1.807, 2.05) is 13.8 Å². The van der Waals surface area contributed by atoms with Gasteiger partial charge in [0.25, 0.3) is 0 Å². The summed E-state index contributed by atoms with van der Waals surface area (Å²) in [5.41, 5.74) is -0.710. The van der Waals surface area contributed by atoms with Crippen LogP contribution in [0.5, 0.6) is 0 Å². The van der Waals surface area contributed by atoms with Gasteiger partial charge in [-0.25, -0.2) is 0 Å². The Kier molecular flexibility index (Phi) is 4.11. The van der Waals surface area contributed by atoms with Gasteiger partial charge < -0.3 is 9.84 Å². The molecule has 15 heavy (non-hydrogen) atoms. The summed E-state index contributed by atoms with van der Waals surface area (Å²) < 4.78 is 5.27. The molecule has 1 heterocycles. The molecule has 1 saturated heterocycles. The van der Waals surface area contributed by atoms with Gasteiger partial charge in [0.1, 0.15) is 5.54 Å². The number of piperidine rings is 1. The van der Waals surface area contributed by atoms with E-state index in [1.54, 1.807) is 7.11 Å². The van der Waals surface area contributed by atoms with E-state index in [0.29, 0.717) is 12.5 Å². The second-order valence-corrected chi connectivity index (χ2v) is 4.35. The van der Waals surface area contributed by atoms with Crippen molar-refractivity contribution in [3.05, 3.63) is 0 Å². The minimum Gasteiger partial charge on any atom is -0.480 e. The lowest BCUT2D eigenvalue weighted by atomic mass is 9.93. The van der Waals surface area contributed by atoms with Gasteiger partial charge in [-0.2, -0.15) is 0 Å². The monoisotopic (exact) mass is 215 g/mol. The maximum atomic E-state index is 11.2. The lowest BCUT2D eigenvalue weighted by molar-refractivity contribution is -0.152. The van der Waals surface area contributed by atoms with Crippen LogP contribution in [0.25, 0.3) is 0 Å². The van der Waals surface area contributed by atoms with Gasteiger partial charge in [0, 0.05) is 20.2 Å². The maximum Gasteiger partial charge on any atom is 0.323 e. The number of carbonyl (C=O) groups is 1. The predicted molar refractivity (Wildman–Crippen MR) is 57.9 cm³/mol. The van der Waals surface area contributed by atoms with E-state index < -0.39 is 11.5 Å². The molecular weight excluding hydrogens is 194 g/mol. The van der Waals surface area contributed by atoms with Crippen molar-refractivity contribution < 1.29 is 14.6 Å². The predicted octanol–water partition coefficient (Wildman–Crippen LogP) is 1.35. The van der Waals surface area contributed by atoms with E-state index in [9.17, 15) is 9.90 Å². The molecule has 4 heteroatoms. The van der Waals surface area contributed by atoms with Gasteiger partial charge in [-0.15, -0.1) is 0 Å². The summed E-state index contributed by atoms with van der Waals surface area (Å²) in [4.78, 5) is 13.3. The highest BCUT2D eigenvalue weighted by molar-refractivity contribution is 5.78. The summed E-state index contributed by atoms with van der Waals surface area (Å²) in [5, 5.41) is 9.23. The fraction of sp³-hybridized carbons (Fsp3) is 0.909. The number of ether oxygens (including phenoxy) is 1. The van der Waals surface area contributed by atoms with E-state index in [-0.39, 0.29) is 0 Å². The molecule has 1 unspecified atom stereocenters. The van der Waals surface area contributed by atoms with Crippen LogP contribution < -0.4 is 0 Å². The average Bonchev–Trinajstić information content (AvgIpc) is 2.28. The summed E-state index contributed by atoms with van der Waals surface area (Å²) in [6, 6.07) is 0. The molecule has 0 spiro atoms. The van der Waals surface area contributed by atoms with Crippen LogP contribution in [0.15, 0.2) is 0 Å². The highest BCUT2D eigenvalue weighted by Gasteiger charge is 2.39. The molecule has 88 valence electrons. The van der Waals surface area contributed by atoms with E-state index in [1.165, 1.54) is 0 Å². The molecular formula is C11H21NO3. The minimum absolute atomic E-state index is 0.302. The van der Waals surface area contributed by atoms with Gasteiger partial charge >= 0.3 is 5.97 Å². The molecule has 0 amide bonds. The zero-order valence-corrected chi connectivity index (χ0v) is 9.82. The lowest BCUT2D eigenvalue weighted by Crippen LogP contribution is -2.55. The Balaban J connectivity index is 2.61. The van der Waals surface area contributed by atoms with Crippen LogP contribution >= 0.6 is 0 Å². The van der Waals surface area contributed by atoms with E-state index in [2.05, 4.69) is 4.90 Å². The van der Waals surface area contributed by atoms with Gasteiger partial charge in [0.2, 0.25) is 0 Å². The number of methoxy groups -OCH3 is 1. The quantitative estimate of drug-likeness (QED) is 0.769. The van der Waals surface area contributed by atoms with Crippen LogP contribution in [0, 0.1) is 0 Å². The average molecular weight is 215 g/mol. The smallest absolute Gasteiger partial charge is 0.323 e. The van der Waals surface area contributed by atoms with Crippen molar-refractivity contribution >= 4 is 5.97 Å². The van der Waals surface area contributed by atoms with Crippen molar-refractivity contribution in [2.24, 2.45) is 0 Å². The molecule has 1 fully saturated rings. The zero-order chi connectivity index (χ0) is 11.5. The fourth-order valence-corrected chi connectivity index (χ4v) is 2.10. The number of hydrogen-bond acceptors (Lipinski definition) is 3. The zero-order valence-electron chi connectivity index (χ0n) is 9.82. The Morgan fingerprint density at radius 2 is 2.07 bits per heavy atom. The van der Waals surface area contributed by atoms with Crippen molar-refractivity contribution in [1.29, 1.82) is 0 Å². The molecule has 0 aromatic heterocycles. The molecule has 0 bridgehead atoms. The lowest BCUT2D eigenvalue weighted by Gasteiger charge is -2.41. The van der Waals surface area contributed by atoms with Crippen molar-refractivity contribution in [2.75, 3.05) is 20.2 Å². The first kappa shape index (κ1) is 12.5. The van der Waals surface area contributed by atoms with Crippen LogP contribution in [0.2, 0.25) is 0 Å². The van der Waals surface area contributed by atoms with Gasteiger partial charge in [-0.05, 0) is 26.2 Å². The molecule has 0 aliphatic carbocycles. The molecule has 1 rings (SSSR count). The summed E-state index contributed by atoms with van der Waals surface area (Å²) >= 11 is 0. The fourth-order valence-electron chi connectivity index (χ4n) is 2.10. The normalized spacial score (nSPS) is 23.7. The van der Waals surface area contributed by atoms with Gasteiger partial charge in [0.05, 0.1) is 6.10 Å². The number of aliphatic carboxylic acids is 1.